The number of ether oxygens (including phenoxy) is 1. The number of hydrogen-bond acceptors (Lipinski definition) is 3. The molecular weight excluding hydrogens is 384 g/mol. The molecule has 0 unspecified atom stereocenters. The summed E-state index contributed by atoms with van der Waals surface area (Å²) >= 11 is 0. The zero-order chi connectivity index (χ0) is 21.4. The first-order chi connectivity index (χ1) is 15.0. The van der Waals surface area contributed by atoms with Crippen LogP contribution in [0.2, 0.25) is 0 Å². The van der Waals surface area contributed by atoms with E-state index < -0.39 is 0 Å². The average Bonchev–Trinajstić information content (AvgIpc) is 3.44. The van der Waals surface area contributed by atoms with Crippen molar-refractivity contribution < 1.29 is 9.53 Å². The first-order valence-corrected chi connectivity index (χ1v) is 11.3. The number of hydrogen-bond donors (Lipinski definition) is 2. The first kappa shape index (κ1) is 20.1. The minimum atomic E-state index is -0.273. The monoisotopic (exact) mass is 414 g/mol. The molecule has 4 nitrogen and oxygen atoms in total. The Morgan fingerprint density at radius 1 is 1.13 bits per heavy atom. The van der Waals surface area contributed by atoms with Gasteiger partial charge in [0.05, 0.1) is 5.54 Å². The lowest BCUT2D eigenvalue weighted by molar-refractivity contribution is 0.0930. The van der Waals surface area contributed by atoms with Crippen LogP contribution in [0.4, 0.5) is 0 Å². The Morgan fingerprint density at radius 2 is 1.94 bits per heavy atom. The number of carbonyl (C=O) groups excluding carboxylic acids is 1. The van der Waals surface area contributed by atoms with Gasteiger partial charge in [-0.05, 0) is 72.7 Å². The van der Waals surface area contributed by atoms with Gasteiger partial charge in [-0.1, -0.05) is 55.5 Å². The largest absolute Gasteiger partial charge is 0.492 e. The summed E-state index contributed by atoms with van der Waals surface area (Å²) in [7, 11) is 0. The number of aryl methyl sites for hydroxylation is 1. The molecule has 4 heteroatoms. The van der Waals surface area contributed by atoms with E-state index in [0.717, 1.165) is 37.1 Å². The van der Waals surface area contributed by atoms with Gasteiger partial charge in [0.15, 0.2) is 0 Å². The van der Waals surface area contributed by atoms with Gasteiger partial charge >= 0.3 is 0 Å². The van der Waals surface area contributed by atoms with Gasteiger partial charge in [-0.25, -0.2) is 0 Å². The maximum absolute atomic E-state index is 13.3. The van der Waals surface area contributed by atoms with Crippen LogP contribution in [0.3, 0.4) is 0 Å². The minimum absolute atomic E-state index is 0.0269. The summed E-state index contributed by atoms with van der Waals surface area (Å²) in [4.78, 5) is 13.3. The predicted molar refractivity (Wildman–Crippen MR) is 125 cm³/mol. The summed E-state index contributed by atoms with van der Waals surface area (Å²) in [5.41, 5.74) is 2.60. The molecule has 31 heavy (non-hydrogen) atoms. The fraction of sp³-hybridized carbons (Fsp3) is 0.370. The van der Waals surface area contributed by atoms with Crippen LogP contribution in [-0.4, -0.2) is 25.1 Å². The van der Waals surface area contributed by atoms with Crippen LogP contribution in [0.25, 0.3) is 10.8 Å². The molecule has 0 radical (unpaired) electrons. The standard InChI is InChI=1S/C27H30N2O2/c1-18-14-21(28-16-18)17-31-22-11-10-19(2)24(15-22)26(30)29-27(12-13-27)25-9-5-7-20-6-3-4-8-23(20)25/h3-11,15,18,21,28H,12-14,16-17H2,1-2H3,(H,29,30)/t18-,21-/m1/s1. The van der Waals surface area contributed by atoms with E-state index in [-0.39, 0.29) is 11.4 Å². The third-order valence-electron chi connectivity index (χ3n) is 6.75. The highest BCUT2D eigenvalue weighted by Gasteiger charge is 2.46. The molecule has 0 spiro atoms. The molecule has 1 aliphatic heterocycles. The van der Waals surface area contributed by atoms with Crippen molar-refractivity contribution in [3.05, 3.63) is 77.4 Å². The summed E-state index contributed by atoms with van der Waals surface area (Å²) in [5.74, 6) is 1.42. The highest BCUT2D eigenvalue weighted by molar-refractivity contribution is 5.97. The van der Waals surface area contributed by atoms with Crippen molar-refractivity contribution in [2.45, 2.75) is 44.7 Å². The van der Waals surface area contributed by atoms with Crippen molar-refractivity contribution in [3.8, 4) is 5.75 Å². The maximum Gasteiger partial charge on any atom is 0.252 e. The maximum atomic E-state index is 13.3. The smallest absolute Gasteiger partial charge is 0.252 e. The Balaban J connectivity index is 1.34. The second-order valence-corrected chi connectivity index (χ2v) is 9.30. The molecule has 2 N–H and O–H groups in total. The molecule has 1 saturated carbocycles. The highest BCUT2D eigenvalue weighted by Crippen LogP contribution is 2.48. The van der Waals surface area contributed by atoms with Crippen LogP contribution in [0.15, 0.2) is 60.7 Å². The number of fused-ring (bicyclic) bond motifs is 1. The summed E-state index contributed by atoms with van der Waals surface area (Å²) in [6.07, 6.45) is 3.06. The molecule has 1 heterocycles. The number of rotatable bonds is 6. The van der Waals surface area contributed by atoms with E-state index in [1.54, 1.807) is 0 Å². The minimum Gasteiger partial charge on any atom is -0.492 e. The molecule has 160 valence electrons. The predicted octanol–water partition coefficient (Wildman–Crippen LogP) is 4.94. The molecule has 0 bridgehead atoms. The van der Waals surface area contributed by atoms with Gasteiger partial charge < -0.3 is 15.4 Å². The van der Waals surface area contributed by atoms with Crippen molar-refractivity contribution in [2.24, 2.45) is 5.92 Å². The lowest BCUT2D eigenvalue weighted by atomic mass is 9.96. The Labute approximate surface area is 184 Å². The fourth-order valence-electron chi connectivity index (χ4n) is 4.79. The van der Waals surface area contributed by atoms with Gasteiger partial charge in [-0.15, -0.1) is 0 Å². The summed E-state index contributed by atoms with van der Waals surface area (Å²) < 4.78 is 6.03. The molecule has 0 aromatic heterocycles. The van der Waals surface area contributed by atoms with Gasteiger partial charge in [0, 0.05) is 11.6 Å². The van der Waals surface area contributed by atoms with Gasteiger partial charge in [0.25, 0.3) is 5.91 Å². The number of nitrogens with one attached hydrogen (secondary N) is 2. The Kier molecular flexibility index (Phi) is 5.19. The first-order valence-electron chi connectivity index (χ1n) is 11.3. The van der Waals surface area contributed by atoms with Crippen LogP contribution >= 0.6 is 0 Å². The normalized spacial score (nSPS) is 21.7. The second kappa shape index (κ2) is 8.01. The third-order valence-corrected chi connectivity index (χ3v) is 6.75. The van der Waals surface area contributed by atoms with E-state index in [0.29, 0.717) is 24.1 Å². The molecule has 2 aliphatic rings. The van der Waals surface area contributed by atoms with Gasteiger partial charge in [0.1, 0.15) is 12.4 Å². The molecule has 1 amide bonds. The third kappa shape index (κ3) is 4.05. The van der Waals surface area contributed by atoms with Crippen LogP contribution in [-0.2, 0) is 5.54 Å². The van der Waals surface area contributed by atoms with Crippen LogP contribution in [0.1, 0.15) is 47.7 Å². The molecule has 3 aromatic rings. The van der Waals surface area contributed by atoms with Crippen LogP contribution in [0.5, 0.6) is 5.75 Å². The number of benzene rings is 3. The fourth-order valence-corrected chi connectivity index (χ4v) is 4.79. The van der Waals surface area contributed by atoms with E-state index >= 15 is 0 Å². The highest BCUT2D eigenvalue weighted by atomic mass is 16.5. The molecule has 3 aromatic carbocycles. The zero-order valence-corrected chi connectivity index (χ0v) is 18.3. The van der Waals surface area contributed by atoms with E-state index in [1.807, 2.05) is 25.1 Å². The van der Waals surface area contributed by atoms with E-state index in [2.05, 4.69) is 60.0 Å². The van der Waals surface area contributed by atoms with E-state index in [1.165, 1.54) is 16.3 Å². The van der Waals surface area contributed by atoms with E-state index in [4.69, 9.17) is 4.74 Å². The molecule has 1 saturated heterocycles. The van der Waals surface area contributed by atoms with Gasteiger partial charge in [-0.2, -0.15) is 0 Å². The summed E-state index contributed by atoms with van der Waals surface area (Å²) in [6, 6.07) is 21.0. The quantitative estimate of drug-likeness (QED) is 0.600. The van der Waals surface area contributed by atoms with Crippen molar-refractivity contribution in [3.63, 3.8) is 0 Å². The Bertz CT molecular complexity index is 1110. The lowest BCUT2D eigenvalue weighted by Gasteiger charge is -2.21. The number of carbonyl (C=O) groups is 1. The van der Waals surface area contributed by atoms with Crippen molar-refractivity contribution in [1.82, 2.24) is 10.6 Å². The Morgan fingerprint density at radius 3 is 2.71 bits per heavy atom. The van der Waals surface area contributed by atoms with Gasteiger partial charge in [0.2, 0.25) is 0 Å². The molecular formula is C27H30N2O2. The van der Waals surface area contributed by atoms with Gasteiger partial charge in [-0.3, -0.25) is 4.79 Å². The van der Waals surface area contributed by atoms with Crippen molar-refractivity contribution in [2.75, 3.05) is 13.2 Å². The van der Waals surface area contributed by atoms with Crippen LogP contribution < -0.4 is 15.4 Å². The molecule has 5 rings (SSSR count). The topological polar surface area (TPSA) is 50.4 Å². The van der Waals surface area contributed by atoms with Crippen molar-refractivity contribution >= 4 is 16.7 Å². The lowest BCUT2D eigenvalue weighted by Crippen LogP contribution is -2.35. The molecule has 2 fully saturated rings. The van der Waals surface area contributed by atoms with E-state index in [9.17, 15) is 4.79 Å². The second-order valence-electron chi connectivity index (χ2n) is 9.30. The summed E-state index contributed by atoms with van der Waals surface area (Å²) in [5, 5.41) is 9.28. The average molecular weight is 415 g/mol. The SMILES string of the molecule is Cc1ccc(OC[C@H]2C[C@@H](C)CN2)cc1C(=O)NC1(c2cccc3ccccc23)CC1. The Hall–Kier alpha value is -2.85. The van der Waals surface area contributed by atoms with Crippen molar-refractivity contribution in [1.29, 1.82) is 0 Å². The summed E-state index contributed by atoms with van der Waals surface area (Å²) in [6.45, 7) is 5.92. The molecule has 1 aliphatic carbocycles. The molecule has 2 atom stereocenters. The number of amides is 1. The zero-order valence-electron chi connectivity index (χ0n) is 18.3. The van der Waals surface area contributed by atoms with Crippen LogP contribution in [0, 0.1) is 12.8 Å².